The summed E-state index contributed by atoms with van der Waals surface area (Å²) in [7, 11) is -1.90. The quantitative estimate of drug-likeness (QED) is 0.755. The van der Waals surface area contributed by atoms with Crippen molar-refractivity contribution in [1.82, 2.24) is 19.3 Å². The molecule has 4 rings (SSSR count). The molecule has 3 heterocycles. The molecule has 0 radical (unpaired) electrons. The molecule has 3 aromatic heterocycles. The van der Waals surface area contributed by atoms with Crippen molar-refractivity contribution in [3.05, 3.63) is 46.2 Å². The Morgan fingerprint density at radius 1 is 1.40 bits per heavy atom. The zero-order chi connectivity index (χ0) is 17.8. The molecule has 25 heavy (non-hydrogen) atoms. The van der Waals surface area contributed by atoms with E-state index in [4.69, 9.17) is 16.7 Å². The van der Waals surface area contributed by atoms with Crippen LogP contribution in [0.15, 0.2) is 29.9 Å². The van der Waals surface area contributed by atoms with Crippen molar-refractivity contribution in [1.29, 1.82) is 0 Å². The number of pyridine rings is 1. The Hall–Kier alpha value is -2.16. The van der Waals surface area contributed by atoms with Crippen molar-refractivity contribution in [2.24, 2.45) is 12.2 Å². The smallest absolute Gasteiger partial charge is 0.231 e. The van der Waals surface area contributed by atoms with Crippen molar-refractivity contribution in [3.8, 4) is 5.82 Å². The monoisotopic (exact) mass is 377 g/mol. The Kier molecular flexibility index (Phi) is 3.71. The molecule has 3 aromatic rings. The van der Waals surface area contributed by atoms with Gasteiger partial charge in [0.15, 0.2) is 0 Å². The number of hydrogen-bond donors (Lipinski definition) is 1. The van der Waals surface area contributed by atoms with Crippen LogP contribution >= 0.6 is 11.6 Å². The van der Waals surface area contributed by atoms with E-state index in [0.29, 0.717) is 10.9 Å². The Morgan fingerprint density at radius 3 is 2.84 bits per heavy atom. The third kappa shape index (κ3) is 3.08. The summed E-state index contributed by atoms with van der Waals surface area (Å²) in [4.78, 5) is 4.40. The second-order valence-electron chi connectivity index (χ2n) is 6.16. The average Bonchev–Trinajstić information content (AvgIpc) is 3.21. The summed E-state index contributed by atoms with van der Waals surface area (Å²) in [6, 6.07) is 3.74. The van der Waals surface area contributed by atoms with Crippen molar-refractivity contribution in [2.45, 2.75) is 18.8 Å². The van der Waals surface area contributed by atoms with Gasteiger partial charge in [-0.1, -0.05) is 11.6 Å². The zero-order valence-corrected chi connectivity index (χ0v) is 15.0. The summed E-state index contributed by atoms with van der Waals surface area (Å²) < 4.78 is 26.4. The lowest BCUT2D eigenvalue weighted by molar-refractivity contribution is 0.606. The van der Waals surface area contributed by atoms with E-state index in [2.05, 4.69) is 10.1 Å². The molecule has 130 valence electrons. The normalized spacial score (nSPS) is 15.5. The van der Waals surface area contributed by atoms with E-state index in [1.54, 1.807) is 10.9 Å². The lowest BCUT2D eigenvalue weighted by Crippen LogP contribution is -2.07. The first-order valence-electron chi connectivity index (χ1n) is 7.74. The third-order valence-electron chi connectivity index (χ3n) is 4.19. The number of aromatic nitrogens is 4. The van der Waals surface area contributed by atoms with E-state index in [9.17, 15) is 8.42 Å². The predicted octanol–water partition coefficient (Wildman–Crippen LogP) is 2.55. The van der Waals surface area contributed by atoms with Crippen LogP contribution in [0.5, 0.6) is 0 Å². The van der Waals surface area contributed by atoms with Crippen molar-refractivity contribution in [2.75, 3.05) is 0 Å². The van der Waals surface area contributed by atoms with Gasteiger partial charge in [0, 0.05) is 41.7 Å². The number of fused-ring (bicyclic) bond motifs is 1. The number of hydrogen-bond acceptors (Lipinski definition) is 4. The van der Waals surface area contributed by atoms with E-state index in [-0.39, 0.29) is 0 Å². The summed E-state index contributed by atoms with van der Waals surface area (Å²) in [5.74, 6) is 1.09. The zero-order valence-electron chi connectivity index (χ0n) is 13.4. The van der Waals surface area contributed by atoms with Crippen LogP contribution in [0, 0.1) is 0 Å². The first-order valence-corrected chi connectivity index (χ1v) is 9.73. The maximum atomic E-state index is 11.4. The molecule has 0 amide bonds. The van der Waals surface area contributed by atoms with Crippen molar-refractivity contribution in [3.63, 3.8) is 0 Å². The maximum absolute atomic E-state index is 11.4. The highest BCUT2D eigenvalue weighted by molar-refractivity contribution is 7.92. The molecule has 0 bridgehead atoms. The average molecular weight is 378 g/mol. The van der Waals surface area contributed by atoms with Crippen molar-refractivity contribution < 1.29 is 8.42 Å². The van der Waals surface area contributed by atoms with Gasteiger partial charge < -0.3 is 0 Å². The van der Waals surface area contributed by atoms with Gasteiger partial charge in [-0.15, -0.1) is 0 Å². The highest BCUT2D eigenvalue weighted by Crippen LogP contribution is 2.43. The minimum absolute atomic E-state index is 0.351. The van der Waals surface area contributed by atoms with Crippen LogP contribution in [-0.4, -0.2) is 27.7 Å². The van der Waals surface area contributed by atoms with Gasteiger partial charge in [0.1, 0.15) is 11.5 Å². The minimum Gasteiger partial charge on any atom is -0.285 e. The van der Waals surface area contributed by atoms with Gasteiger partial charge in [-0.2, -0.15) is 5.10 Å². The van der Waals surface area contributed by atoms with Gasteiger partial charge in [0.05, 0.1) is 10.7 Å². The fraction of sp³-hybridized carbons (Fsp3) is 0.250. The minimum atomic E-state index is -3.73. The molecule has 0 atom stereocenters. The van der Waals surface area contributed by atoms with Crippen LogP contribution in [0.4, 0.5) is 0 Å². The lowest BCUT2D eigenvalue weighted by Gasteiger charge is -2.07. The lowest BCUT2D eigenvalue weighted by atomic mass is 10.1. The van der Waals surface area contributed by atoms with Gasteiger partial charge in [-0.25, -0.2) is 18.5 Å². The van der Waals surface area contributed by atoms with E-state index in [1.165, 1.54) is 6.08 Å². The fourth-order valence-electron chi connectivity index (χ4n) is 2.99. The van der Waals surface area contributed by atoms with Gasteiger partial charge in [0.25, 0.3) is 0 Å². The Labute approximate surface area is 149 Å². The molecule has 1 aliphatic rings. The van der Waals surface area contributed by atoms with Gasteiger partial charge in [0.2, 0.25) is 10.0 Å². The summed E-state index contributed by atoms with van der Waals surface area (Å²) in [6.45, 7) is 0. The number of nitrogens with two attached hydrogens (primary N) is 1. The van der Waals surface area contributed by atoms with Crippen LogP contribution in [-0.2, 0) is 17.1 Å². The Bertz CT molecular complexity index is 1110. The molecule has 2 N–H and O–H groups in total. The number of halogens is 1. The first-order chi connectivity index (χ1) is 11.8. The second kappa shape index (κ2) is 5.69. The SMILES string of the molecule is Cn1nc(C2CC2)c(/C=C/S(N)(=O)=O)c1-n1ccc2cc(Cl)cnc21. The number of aryl methyl sites for hydroxylation is 1. The molecule has 1 fully saturated rings. The van der Waals surface area contributed by atoms with Crippen LogP contribution < -0.4 is 5.14 Å². The van der Waals surface area contributed by atoms with Crippen LogP contribution in [0.2, 0.25) is 5.02 Å². The molecule has 0 aromatic carbocycles. The fourth-order valence-corrected chi connectivity index (χ4v) is 3.48. The number of rotatable bonds is 4. The topological polar surface area (TPSA) is 95.8 Å². The van der Waals surface area contributed by atoms with Crippen LogP contribution in [0.1, 0.15) is 30.0 Å². The van der Waals surface area contributed by atoms with Crippen molar-refractivity contribution >= 4 is 38.7 Å². The van der Waals surface area contributed by atoms with E-state index >= 15 is 0 Å². The molecule has 0 spiro atoms. The van der Waals surface area contributed by atoms with E-state index in [1.807, 2.05) is 29.9 Å². The summed E-state index contributed by atoms with van der Waals surface area (Å²) >= 11 is 6.01. The molecule has 0 aliphatic heterocycles. The molecular weight excluding hydrogens is 362 g/mol. The van der Waals surface area contributed by atoms with Gasteiger partial charge >= 0.3 is 0 Å². The van der Waals surface area contributed by atoms with Gasteiger partial charge in [-0.3, -0.25) is 9.25 Å². The Balaban J connectivity index is 1.95. The van der Waals surface area contributed by atoms with Crippen LogP contribution in [0.3, 0.4) is 0 Å². The van der Waals surface area contributed by atoms with Crippen LogP contribution in [0.25, 0.3) is 22.9 Å². The molecule has 9 heteroatoms. The molecule has 1 saturated carbocycles. The first kappa shape index (κ1) is 16.3. The molecular formula is C16H16ClN5O2S. The third-order valence-corrected chi connectivity index (χ3v) is 4.91. The summed E-state index contributed by atoms with van der Waals surface area (Å²) in [6.07, 6.45) is 7.07. The largest absolute Gasteiger partial charge is 0.285 e. The molecule has 1 aliphatic carbocycles. The Morgan fingerprint density at radius 2 is 2.16 bits per heavy atom. The standard InChI is InChI=1S/C16H16ClN5O2S/c1-21-16(22-6-4-11-8-12(17)9-19-15(11)22)13(5-7-25(18,23)24)14(20-21)10-2-3-10/h4-10H,2-3H2,1H3,(H2,18,23,24)/b7-5+. The summed E-state index contributed by atoms with van der Waals surface area (Å²) in [5.41, 5.74) is 2.35. The van der Waals surface area contributed by atoms with E-state index in [0.717, 1.165) is 46.4 Å². The number of primary sulfonamides is 1. The molecule has 0 unspecified atom stereocenters. The summed E-state index contributed by atoms with van der Waals surface area (Å²) in [5, 5.41) is 12.2. The maximum Gasteiger partial charge on any atom is 0.231 e. The second-order valence-corrected chi connectivity index (χ2v) is 8.05. The van der Waals surface area contributed by atoms with Gasteiger partial charge in [-0.05, 0) is 31.1 Å². The predicted molar refractivity (Wildman–Crippen MR) is 97.0 cm³/mol. The number of nitrogens with zero attached hydrogens (tertiary/aromatic N) is 4. The van der Waals surface area contributed by atoms with E-state index < -0.39 is 10.0 Å². The molecule has 0 saturated heterocycles. The number of sulfonamides is 1. The highest BCUT2D eigenvalue weighted by atomic mass is 35.5. The molecule has 7 nitrogen and oxygen atoms in total. The highest BCUT2D eigenvalue weighted by Gasteiger charge is 2.31.